The molecule has 0 radical (unpaired) electrons. The highest BCUT2D eigenvalue weighted by Gasteiger charge is 2.36. The molecule has 1 saturated carbocycles. The summed E-state index contributed by atoms with van der Waals surface area (Å²) in [6, 6.07) is 0. The van der Waals surface area contributed by atoms with Gasteiger partial charge in [0, 0.05) is 38.6 Å². The molecule has 0 aromatic carbocycles. The molecule has 0 N–H and O–H groups in total. The number of piperidine rings is 1. The fraction of sp³-hybridized carbons (Fsp3) is 0.824. The number of aromatic nitrogens is 2. The minimum absolute atomic E-state index is 0.0554. The molecule has 132 valence electrons. The lowest BCUT2D eigenvalue weighted by Gasteiger charge is -2.38. The van der Waals surface area contributed by atoms with Crippen LogP contribution in [-0.4, -0.2) is 71.3 Å². The van der Waals surface area contributed by atoms with Crippen LogP contribution in [0, 0.1) is 18.8 Å². The lowest BCUT2D eigenvalue weighted by molar-refractivity contribution is -0.136. The lowest BCUT2D eigenvalue weighted by Crippen LogP contribution is -2.49. The molecule has 2 saturated heterocycles. The molecule has 2 aliphatic heterocycles. The maximum atomic E-state index is 12.5. The summed E-state index contributed by atoms with van der Waals surface area (Å²) in [7, 11) is 0. The molecular formula is C17H26N4O3. The molecule has 24 heavy (non-hydrogen) atoms. The molecule has 1 aromatic heterocycles. The van der Waals surface area contributed by atoms with Crippen LogP contribution >= 0.6 is 0 Å². The first-order valence-corrected chi connectivity index (χ1v) is 9.08. The van der Waals surface area contributed by atoms with Crippen LogP contribution in [0.25, 0.3) is 0 Å². The van der Waals surface area contributed by atoms with Crippen molar-refractivity contribution in [2.75, 3.05) is 39.3 Å². The van der Waals surface area contributed by atoms with Crippen molar-refractivity contribution in [3.63, 3.8) is 0 Å². The average molecular weight is 334 g/mol. The zero-order valence-corrected chi connectivity index (χ0v) is 14.3. The van der Waals surface area contributed by atoms with E-state index in [-0.39, 0.29) is 18.4 Å². The van der Waals surface area contributed by atoms with E-state index in [0.29, 0.717) is 24.2 Å². The van der Waals surface area contributed by atoms with Crippen molar-refractivity contribution < 1.29 is 14.1 Å². The van der Waals surface area contributed by atoms with E-state index >= 15 is 0 Å². The molecule has 3 fully saturated rings. The number of likely N-dealkylation sites (tertiary alicyclic amines) is 1. The Hall–Kier alpha value is -1.47. The van der Waals surface area contributed by atoms with Crippen LogP contribution in [-0.2, 0) is 16.0 Å². The van der Waals surface area contributed by atoms with E-state index in [4.69, 9.17) is 9.26 Å². The number of ether oxygens (including phenoxy) is 1. The first kappa shape index (κ1) is 16.0. The average Bonchev–Trinajstić information content (AvgIpc) is 3.32. The van der Waals surface area contributed by atoms with E-state index in [1.807, 2.05) is 4.90 Å². The maximum absolute atomic E-state index is 12.5. The lowest BCUT2D eigenvalue weighted by atomic mass is 9.93. The third kappa shape index (κ3) is 3.78. The SMILES string of the molecule is Cc1noc(CC(=O)N2CC[C@@H]3CN(CC4CC4)CCO[C@@H]3C2)n1. The van der Waals surface area contributed by atoms with Gasteiger partial charge < -0.3 is 19.1 Å². The number of nitrogens with zero attached hydrogens (tertiary/aromatic N) is 4. The van der Waals surface area contributed by atoms with Gasteiger partial charge in [-0.15, -0.1) is 0 Å². The number of amides is 1. The summed E-state index contributed by atoms with van der Waals surface area (Å²) in [6.07, 6.45) is 4.15. The zero-order chi connectivity index (χ0) is 16.5. The van der Waals surface area contributed by atoms with Crippen LogP contribution in [0.5, 0.6) is 0 Å². The number of rotatable bonds is 4. The Morgan fingerprint density at radius 1 is 1.25 bits per heavy atom. The summed E-state index contributed by atoms with van der Waals surface area (Å²) in [5.41, 5.74) is 0. The van der Waals surface area contributed by atoms with Gasteiger partial charge in [-0.25, -0.2) is 0 Å². The predicted octanol–water partition coefficient (Wildman–Crippen LogP) is 0.880. The van der Waals surface area contributed by atoms with E-state index in [1.165, 1.54) is 19.4 Å². The second-order valence-corrected chi connectivity index (χ2v) is 7.41. The number of carbonyl (C=O) groups excluding carboxylic acids is 1. The Morgan fingerprint density at radius 3 is 2.88 bits per heavy atom. The second kappa shape index (κ2) is 6.80. The third-order valence-electron chi connectivity index (χ3n) is 5.37. The molecule has 1 aliphatic carbocycles. The van der Waals surface area contributed by atoms with E-state index in [9.17, 15) is 4.79 Å². The van der Waals surface area contributed by atoms with Gasteiger partial charge >= 0.3 is 0 Å². The highest BCUT2D eigenvalue weighted by molar-refractivity contribution is 5.78. The summed E-state index contributed by atoms with van der Waals surface area (Å²) >= 11 is 0. The van der Waals surface area contributed by atoms with Gasteiger partial charge in [0.25, 0.3) is 0 Å². The smallest absolute Gasteiger partial charge is 0.236 e. The van der Waals surface area contributed by atoms with Crippen molar-refractivity contribution in [1.82, 2.24) is 19.9 Å². The van der Waals surface area contributed by atoms with Crippen LogP contribution in [0.1, 0.15) is 31.0 Å². The predicted molar refractivity (Wildman–Crippen MR) is 86.3 cm³/mol. The highest BCUT2D eigenvalue weighted by atomic mass is 16.5. The molecule has 1 amide bonds. The second-order valence-electron chi connectivity index (χ2n) is 7.41. The Bertz CT molecular complexity index is 586. The molecule has 3 aliphatic rings. The van der Waals surface area contributed by atoms with Crippen LogP contribution < -0.4 is 0 Å². The third-order valence-corrected chi connectivity index (χ3v) is 5.37. The van der Waals surface area contributed by atoms with Gasteiger partial charge in [0.05, 0.1) is 12.7 Å². The van der Waals surface area contributed by atoms with E-state index in [0.717, 1.165) is 38.6 Å². The number of hydrogen-bond donors (Lipinski definition) is 0. The summed E-state index contributed by atoms with van der Waals surface area (Å²) < 4.78 is 11.1. The molecule has 3 heterocycles. The van der Waals surface area contributed by atoms with E-state index in [1.54, 1.807) is 6.92 Å². The maximum Gasteiger partial charge on any atom is 0.236 e. The minimum atomic E-state index is 0.0554. The first-order valence-electron chi connectivity index (χ1n) is 9.08. The van der Waals surface area contributed by atoms with Gasteiger partial charge in [-0.1, -0.05) is 5.16 Å². The van der Waals surface area contributed by atoms with Crippen LogP contribution in [0.2, 0.25) is 0 Å². The molecule has 2 atom stereocenters. The fourth-order valence-corrected chi connectivity index (χ4v) is 3.83. The van der Waals surface area contributed by atoms with E-state index in [2.05, 4.69) is 15.0 Å². The van der Waals surface area contributed by atoms with Crippen molar-refractivity contribution in [3.05, 3.63) is 11.7 Å². The van der Waals surface area contributed by atoms with Crippen molar-refractivity contribution in [2.24, 2.45) is 11.8 Å². The van der Waals surface area contributed by atoms with Gasteiger partial charge in [0.1, 0.15) is 6.42 Å². The first-order chi connectivity index (χ1) is 11.7. The van der Waals surface area contributed by atoms with Crippen molar-refractivity contribution in [2.45, 2.75) is 38.7 Å². The summed E-state index contributed by atoms with van der Waals surface area (Å²) in [6.45, 7) is 7.40. The molecule has 0 spiro atoms. The summed E-state index contributed by atoms with van der Waals surface area (Å²) in [5.74, 6) is 2.48. The molecule has 1 aromatic rings. The number of hydrogen-bond acceptors (Lipinski definition) is 6. The molecule has 0 bridgehead atoms. The Morgan fingerprint density at radius 2 is 2.12 bits per heavy atom. The number of aryl methyl sites for hydroxylation is 1. The molecule has 7 heteroatoms. The minimum Gasteiger partial charge on any atom is -0.375 e. The summed E-state index contributed by atoms with van der Waals surface area (Å²) in [5, 5.41) is 3.74. The van der Waals surface area contributed by atoms with Crippen molar-refractivity contribution >= 4 is 5.91 Å². The number of fused-ring (bicyclic) bond motifs is 1. The Kier molecular flexibility index (Phi) is 4.54. The largest absolute Gasteiger partial charge is 0.375 e. The zero-order valence-electron chi connectivity index (χ0n) is 14.3. The number of carbonyl (C=O) groups is 1. The van der Waals surface area contributed by atoms with Gasteiger partial charge in [0.2, 0.25) is 11.8 Å². The standard InChI is InChI=1S/C17H26N4O3/c1-12-18-16(24-19-12)8-17(22)21-5-4-14-10-20(9-13-2-3-13)6-7-23-15(14)11-21/h13-15H,2-11H2,1H3/t14-,15-/m1/s1. The van der Waals surface area contributed by atoms with Crippen molar-refractivity contribution in [1.29, 1.82) is 0 Å². The van der Waals surface area contributed by atoms with Crippen LogP contribution in [0.15, 0.2) is 4.52 Å². The monoisotopic (exact) mass is 334 g/mol. The van der Waals surface area contributed by atoms with Gasteiger partial charge in [-0.05, 0) is 32.1 Å². The molecule has 4 rings (SSSR count). The van der Waals surface area contributed by atoms with Gasteiger partial charge in [-0.2, -0.15) is 4.98 Å². The van der Waals surface area contributed by atoms with Crippen LogP contribution in [0.4, 0.5) is 0 Å². The molecule has 7 nitrogen and oxygen atoms in total. The molecule has 0 unspecified atom stereocenters. The fourth-order valence-electron chi connectivity index (χ4n) is 3.83. The Labute approximate surface area is 142 Å². The topological polar surface area (TPSA) is 71.7 Å². The van der Waals surface area contributed by atoms with E-state index < -0.39 is 0 Å². The summed E-state index contributed by atoms with van der Waals surface area (Å²) in [4.78, 5) is 21.1. The Balaban J connectivity index is 1.32. The molecular weight excluding hydrogens is 308 g/mol. The quantitative estimate of drug-likeness (QED) is 0.814. The van der Waals surface area contributed by atoms with Gasteiger partial charge in [0.15, 0.2) is 5.82 Å². The highest BCUT2D eigenvalue weighted by Crippen LogP contribution is 2.31. The van der Waals surface area contributed by atoms with Crippen LogP contribution in [0.3, 0.4) is 0 Å². The normalized spacial score (nSPS) is 28.5. The van der Waals surface area contributed by atoms with Crippen molar-refractivity contribution in [3.8, 4) is 0 Å². The van der Waals surface area contributed by atoms with Gasteiger partial charge in [-0.3, -0.25) is 4.79 Å².